The Morgan fingerprint density at radius 3 is 2.14 bits per heavy atom. The zero-order chi connectivity index (χ0) is 26.3. The number of hydrogen-bond donors (Lipinski definition) is 1. The Bertz CT molecular complexity index is 1440. The summed E-state index contributed by atoms with van der Waals surface area (Å²) in [7, 11) is -4.07. The normalized spacial score (nSPS) is 11.9. The molecule has 0 fully saturated rings. The molecule has 190 valence electrons. The SMILES string of the molecule is CCOc1ccccc1N(CC(=O)NC(c1ccccc1)c1cccc(C)c1)S(=O)(=O)c1ccccc1. The van der Waals surface area contributed by atoms with Gasteiger partial charge in [0.1, 0.15) is 12.3 Å². The van der Waals surface area contributed by atoms with Crippen LogP contribution in [-0.4, -0.2) is 27.5 Å². The maximum Gasteiger partial charge on any atom is 0.264 e. The van der Waals surface area contributed by atoms with Crippen molar-refractivity contribution >= 4 is 21.6 Å². The molecule has 0 bridgehead atoms. The summed E-state index contributed by atoms with van der Waals surface area (Å²) in [5, 5.41) is 3.07. The Morgan fingerprint density at radius 1 is 0.838 bits per heavy atom. The Labute approximate surface area is 218 Å². The number of hydrogen-bond acceptors (Lipinski definition) is 4. The van der Waals surface area contributed by atoms with Gasteiger partial charge in [0.15, 0.2) is 0 Å². The van der Waals surface area contributed by atoms with Crippen molar-refractivity contribution in [2.24, 2.45) is 0 Å². The minimum atomic E-state index is -4.07. The molecule has 6 nitrogen and oxygen atoms in total. The molecule has 1 N–H and O–H groups in total. The molecule has 1 unspecified atom stereocenters. The van der Waals surface area contributed by atoms with E-state index in [2.05, 4.69) is 5.32 Å². The molecule has 37 heavy (non-hydrogen) atoms. The monoisotopic (exact) mass is 514 g/mol. The number of aryl methyl sites for hydroxylation is 1. The molecule has 0 heterocycles. The number of ether oxygens (including phenoxy) is 1. The summed E-state index contributed by atoms with van der Waals surface area (Å²) >= 11 is 0. The summed E-state index contributed by atoms with van der Waals surface area (Å²) in [5.41, 5.74) is 3.17. The van der Waals surface area contributed by atoms with Gasteiger partial charge in [-0.3, -0.25) is 9.10 Å². The molecular weight excluding hydrogens is 484 g/mol. The molecule has 0 radical (unpaired) electrons. The van der Waals surface area contributed by atoms with Gasteiger partial charge in [-0.05, 0) is 49.2 Å². The summed E-state index contributed by atoms with van der Waals surface area (Å²) in [4.78, 5) is 13.6. The van der Waals surface area contributed by atoms with Gasteiger partial charge in [0.25, 0.3) is 10.0 Å². The van der Waals surface area contributed by atoms with Crippen molar-refractivity contribution < 1.29 is 17.9 Å². The second kappa shape index (κ2) is 11.8. The van der Waals surface area contributed by atoms with Gasteiger partial charge in [0.2, 0.25) is 5.91 Å². The number of rotatable bonds is 10. The molecule has 0 aliphatic rings. The van der Waals surface area contributed by atoms with Crippen LogP contribution >= 0.6 is 0 Å². The van der Waals surface area contributed by atoms with Crippen LogP contribution in [0.1, 0.15) is 29.7 Å². The van der Waals surface area contributed by atoms with Crippen LogP contribution in [0.2, 0.25) is 0 Å². The van der Waals surface area contributed by atoms with Crippen molar-refractivity contribution in [1.29, 1.82) is 0 Å². The van der Waals surface area contributed by atoms with Crippen LogP contribution in [0.15, 0.2) is 114 Å². The lowest BCUT2D eigenvalue weighted by Gasteiger charge is -2.27. The minimum Gasteiger partial charge on any atom is -0.492 e. The lowest BCUT2D eigenvalue weighted by molar-refractivity contribution is -0.120. The summed E-state index contributed by atoms with van der Waals surface area (Å²) in [5.74, 6) is -0.0585. The van der Waals surface area contributed by atoms with Gasteiger partial charge in [-0.15, -0.1) is 0 Å². The first kappa shape index (κ1) is 26.0. The Kier molecular flexibility index (Phi) is 8.25. The highest BCUT2D eigenvalue weighted by atomic mass is 32.2. The van der Waals surface area contributed by atoms with Crippen molar-refractivity contribution in [2.75, 3.05) is 17.5 Å². The van der Waals surface area contributed by atoms with Crippen molar-refractivity contribution in [2.45, 2.75) is 24.8 Å². The Hall–Kier alpha value is -4.10. The van der Waals surface area contributed by atoms with Gasteiger partial charge in [0.05, 0.1) is 23.2 Å². The molecule has 1 atom stereocenters. The largest absolute Gasteiger partial charge is 0.492 e. The van der Waals surface area contributed by atoms with E-state index in [0.717, 1.165) is 21.0 Å². The predicted octanol–water partition coefficient (Wildman–Crippen LogP) is 5.49. The molecule has 0 aliphatic heterocycles. The van der Waals surface area contributed by atoms with Crippen LogP contribution in [0.25, 0.3) is 0 Å². The molecular formula is C30H30N2O4S. The second-order valence-electron chi connectivity index (χ2n) is 8.55. The van der Waals surface area contributed by atoms with Crippen molar-refractivity contribution in [3.63, 3.8) is 0 Å². The molecule has 0 aliphatic carbocycles. The zero-order valence-corrected chi connectivity index (χ0v) is 21.7. The average Bonchev–Trinajstić information content (AvgIpc) is 2.92. The summed E-state index contributed by atoms with van der Waals surface area (Å²) in [6.07, 6.45) is 0. The number of amides is 1. The highest BCUT2D eigenvalue weighted by Gasteiger charge is 2.30. The van der Waals surface area contributed by atoms with Crippen LogP contribution < -0.4 is 14.4 Å². The molecule has 1 amide bonds. The van der Waals surface area contributed by atoms with Gasteiger partial charge < -0.3 is 10.1 Å². The van der Waals surface area contributed by atoms with Crippen molar-refractivity contribution in [1.82, 2.24) is 5.32 Å². The first-order chi connectivity index (χ1) is 17.9. The minimum absolute atomic E-state index is 0.0902. The lowest BCUT2D eigenvalue weighted by atomic mass is 9.97. The molecule has 0 aromatic heterocycles. The maximum atomic E-state index is 13.8. The van der Waals surface area contributed by atoms with Crippen molar-refractivity contribution in [3.05, 3.63) is 126 Å². The van der Waals surface area contributed by atoms with E-state index in [9.17, 15) is 13.2 Å². The summed E-state index contributed by atoms with van der Waals surface area (Å²) < 4.78 is 34.4. The number of sulfonamides is 1. The van der Waals surface area contributed by atoms with Gasteiger partial charge in [-0.1, -0.05) is 90.5 Å². The number of para-hydroxylation sites is 2. The standard InChI is InChI=1S/C30H30N2O4S/c1-3-36-28-20-11-10-19-27(28)32(37(34,35)26-17-8-5-9-18-26)22-29(33)31-30(24-14-6-4-7-15-24)25-16-12-13-23(2)21-25/h4-21,30H,3,22H2,1-2H3,(H,31,33). The van der Waals surface area contributed by atoms with Crippen LogP contribution in [-0.2, 0) is 14.8 Å². The van der Waals surface area contributed by atoms with E-state index < -0.39 is 28.5 Å². The van der Waals surface area contributed by atoms with Crippen LogP contribution in [0, 0.1) is 6.92 Å². The van der Waals surface area contributed by atoms with E-state index in [1.807, 2.05) is 68.4 Å². The van der Waals surface area contributed by atoms with E-state index in [4.69, 9.17) is 4.74 Å². The number of carbonyl (C=O) groups is 1. The molecule has 4 rings (SSSR count). The van der Waals surface area contributed by atoms with Gasteiger partial charge >= 0.3 is 0 Å². The third-order valence-electron chi connectivity index (χ3n) is 5.87. The Morgan fingerprint density at radius 2 is 1.46 bits per heavy atom. The van der Waals surface area contributed by atoms with E-state index in [-0.39, 0.29) is 4.90 Å². The molecule has 4 aromatic rings. The highest BCUT2D eigenvalue weighted by molar-refractivity contribution is 7.92. The van der Waals surface area contributed by atoms with E-state index in [1.54, 1.807) is 42.5 Å². The topological polar surface area (TPSA) is 75.7 Å². The highest BCUT2D eigenvalue weighted by Crippen LogP contribution is 2.32. The fraction of sp³-hybridized carbons (Fsp3) is 0.167. The van der Waals surface area contributed by atoms with E-state index in [1.165, 1.54) is 12.1 Å². The number of nitrogens with zero attached hydrogens (tertiary/aromatic N) is 1. The van der Waals surface area contributed by atoms with E-state index in [0.29, 0.717) is 18.0 Å². The zero-order valence-electron chi connectivity index (χ0n) is 20.9. The van der Waals surface area contributed by atoms with Gasteiger partial charge in [-0.25, -0.2) is 8.42 Å². The molecule has 7 heteroatoms. The van der Waals surface area contributed by atoms with Gasteiger partial charge in [0, 0.05) is 0 Å². The number of anilines is 1. The van der Waals surface area contributed by atoms with Gasteiger partial charge in [-0.2, -0.15) is 0 Å². The fourth-order valence-corrected chi connectivity index (χ4v) is 5.60. The molecule has 0 saturated carbocycles. The predicted molar refractivity (Wildman–Crippen MR) is 146 cm³/mol. The average molecular weight is 515 g/mol. The van der Waals surface area contributed by atoms with E-state index >= 15 is 0 Å². The third-order valence-corrected chi connectivity index (χ3v) is 7.64. The second-order valence-corrected chi connectivity index (χ2v) is 10.4. The van der Waals surface area contributed by atoms with Crippen molar-refractivity contribution in [3.8, 4) is 5.75 Å². The molecule has 0 spiro atoms. The van der Waals surface area contributed by atoms with Crippen LogP contribution in [0.4, 0.5) is 5.69 Å². The number of carbonyl (C=O) groups excluding carboxylic acids is 1. The molecule has 4 aromatic carbocycles. The Balaban J connectivity index is 1.72. The van der Waals surface area contributed by atoms with Crippen LogP contribution in [0.3, 0.4) is 0 Å². The van der Waals surface area contributed by atoms with Crippen LogP contribution in [0.5, 0.6) is 5.75 Å². The number of nitrogens with one attached hydrogen (secondary N) is 1. The number of benzene rings is 4. The first-order valence-corrected chi connectivity index (χ1v) is 13.5. The summed E-state index contributed by atoms with van der Waals surface area (Å²) in [6, 6.07) is 32.0. The lowest BCUT2D eigenvalue weighted by Crippen LogP contribution is -2.42. The molecule has 0 saturated heterocycles. The summed E-state index contributed by atoms with van der Waals surface area (Å²) in [6.45, 7) is 3.75. The third kappa shape index (κ3) is 6.19. The fourth-order valence-electron chi connectivity index (χ4n) is 4.15. The maximum absolute atomic E-state index is 13.8. The first-order valence-electron chi connectivity index (χ1n) is 12.1. The smallest absolute Gasteiger partial charge is 0.264 e. The quantitative estimate of drug-likeness (QED) is 0.303.